The van der Waals surface area contributed by atoms with Crippen molar-refractivity contribution in [2.45, 2.75) is 25.5 Å². The summed E-state index contributed by atoms with van der Waals surface area (Å²) in [6, 6.07) is 11.0. The molecule has 11 heteroatoms. The smallest absolute Gasteiger partial charge is 0.235 e. The zero-order valence-corrected chi connectivity index (χ0v) is 20.3. The summed E-state index contributed by atoms with van der Waals surface area (Å²) in [7, 11) is 1.56. The van der Waals surface area contributed by atoms with Crippen molar-refractivity contribution >= 4 is 35.1 Å². The molecule has 0 aliphatic rings. The van der Waals surface area contributed by atoms with Gasteiger partial charge in [-0.3, -0.25) is 9.89 Å². The van der Waals surface area contributed by atoms with Gasteiger partial charge in [0, 0.05) is 10.7 Å². The number of furan rings is 1. The highest BCUT2D eigenvalue weighted by Gasteiger charge is 2.21. The van der Waals surface area contributed by atoms with Crippen molar-refractivity contribution in [3.05, 3.63) is 64.2 Å². The van der Waals surface area contributed by atoms with Crippen LogP contribution in [-0.2, 0) is 11.3 Å². The zero-order chi connectivity index (χ0) is 24.2. The Morgan fingerprint density at radius 1 is 1.38 bits per heavy atom. The Bertz CT molecular complexity index is 1370. The first-order valence-electron chi connectivity index (χ1n) is 10.2. The Balaban J connectivity index is 1.48. The highest BCUT2D eigenvalue weighted by atomic mass is 35.5. The van der Waals surface area contributed by atoms with Gasteiger partial charge in [-0.05, 0) is 49.7 Å². The number of nitrogens with zero attached hydrogens (tertiary/aromatic N) is 4. The van der Waals surface area contributed by atoms with E-state index in [1.807, 2.05) is 24.5 Å². The van der Waals surface area contributed by atoms with Crippen molar-refractivity contribution in [3.63, 3.8) is 0 Å². The summed E-state index contributed by atoms with van der Waals surface area (Å²) in [5.41, 5.74) is 2.78. The van der Waals surface area contributed by atoms with Crippen LogP contribution in [0, 0.1) is 25.2 Å². The molecule has 174 valence electrons. The lowest BCUT2D eigenvalue weighted by Gasteiger charge is -2.11. The third kappa shape index (κ3) is 4.81. The van der Waals surface area contributed by atoms with Crippen LogP contribution in [0.25, 0.3) is 11.4 Å². The Hall–Kier alpha value is -3.68. The fourth-order valence-corrected chi connectivity index (χ4v) is 4.25. The first kappa shape index (κ1) is 23.5. The minimum absolute atomic E-state index is 0.0544. The van der Waals surface area contributed by atoms with Gasteiger partial charge in [0.15, 0.2) is 5.82 Å². The number of aromatic amines is 1. The Kier molecular flexibility index (Phi) is 6.95. The summed E-state index contributed by atoms with van der Waals surface area (Å²) in [6.45, 7) is 4.16. The number of rotatable bonds is 8. The molecule has 0 saturated heterocycles. The molecule has 0 atom stereocenters. The van der Waals surface area contributed by atoms with E-state index in [0.717, 1.165) is 17.0 Å². The van der Waals surface area contributed by atoms with E-state index < -0.39 is 0 Å². The number of amides is 1. The van der Waals surface area contributed by atoms with Crippen LogP contribution < -0.4 is 10.1 Å². The predicted molar refractivity (Wildman–Crippen MR) is 129 cm³/mol. The molecule has 2 N–H and O–H groups in total. The Morgan fingerprint density at radius 2 is 2.21 bits per heavy atom. The highest BCUT2D eigenvalue weighted by molar-refractivity contribution is 7.99. The van der Waals surface area contributed by atoms with Crippen LogP contribution in [0.5, 0.6) is 5.75 Å². The van der Waals surface area contributed by atoms with Crippen LogP contribution >= 0.6 is 23.4 Å². The number of carbonyl (C=O) groups is 1. The van der Waals surface area contributed by atoms with Gasteiger partial charge in [-0.25, -0.2) is 4.98 Å². The van der Waals surface area contributed by atoms with Gasteiger partial charge in [-0.15, -0.1) is 5.10 Å². The molecule has 0 aliphatic heterocycles. The monoisotopic (exact) mass is 496 g/mol. The summed E-state index contributed by atoms with van der Waals surface area (Å²) in [5, 5.41) is 20.5. The van der Waals surface area contributed by atoms with Crippen LogP contribution in [0.3, 0.4) is 0 Å². The number of nitrogens with one attached hydrogen (secondary N) is 2. The molecule has 3 aromatic heterocycles. The average molecular weight is 497 g/mol. The van der Waals surface area contributed by atoms with Crippen LogP contribution in [0.4, 0.5) is 5.82 Å². The van der Waals surface area contributed by atoms with E-state index in [0.29, 0.717) is 45.2 Å². The number of aromatic nitrogens is 4. The normalized spacial score (nSPS) is 10.8. The number of H-pyrrole nitrogens is 1. The summed E-state index contributed by atoms with van der Waals surface area (Å²) < 4.78 is 12.7. The SMILES string of the molecule is COc1ccc(Cl)cc1-c1nc(SCC(=O)Nc2c(C#N)c(C)c(C)n2Cc2ccco2)n[nH]1. The van der Waals surface area contributed by atoms with E-state index in [4.69, 9.17) is 20.8 Å². The number of methoxy groups -OCH3 is 1. The molecule has 3 heterocycles. The van der Waals surface area contributed by atoms with Gasteiger partial charge in [0.05, 0.1) is 36.8 Å². The van der Waals surface area contributed by atoms with E-state index in [1.54, 1.807) is 37.6 Å². The third-order valence-electron chi connectivity index (χ3n) is 5.31. The van der Waals surface area contributed by atoms with Gasteiger partial charge in [0.25, 0.3) is 0 Å². The van der Waals surface area contributed by atoms with E-state index in [9.17, 15) is 10.1 Å². The summed E-state index contributed by atoms with van der Waals surface area (Å²) in [4.78, 5) is 17.2. The van der Waals surface area contributed by atoms with E-state index in [1.165, 1.54) is 11.8 Å². The number of carbonyl (C=O) groups excluding carboxylic acids is 1. The van der Waals surface area contributed by atoms with Crippen LogP contribution in [0.1, 0.15) is 22.6 Å². The van der Waals surface area contributed by atoms with Gasteiger partial charge < -0.3 is 19.0 Å². The lowest BCUT2D eigenvalue weighted by Crippen LogP contribution is -2.18. The second-order valence-corrected chi connectivity index (χ2v) is 8.74. The average Bonchev–Trinajstić information content (AvgIpc) is 3.56. The number of hydrogen-bond donors (Lipinski definition) is 2. The molecule has 0 fully saturated rings. The Labute approximate surface area is 205 Å². The van der Waals surface area contributed by atoms with Crippen molar-refractivity contribution in [3.8, 4) is 23.2 Å². The van der Waals surface area contributed by atoms with Crippen molar-refractivity contribution in [2.24, 2.45) is 0 Å². The van der Waals surface area contributed by atoms with Crippen molar-refractivity contribution < 1.29 is 13.9 Å². The molecule has 0 bridgehead atoms. The van der Waals surface area contributed by atoms with Gasteiger partial charge in [-0.2, -0.15) is 5.26 Å². The van der Waals surface area contributed by atoms with Crippen LogP contribution in [0.15, 0.2) is 46.2 Å². The molecular weight excluding hydrogens is 476 g/mol. The summed E-state index contributed by atoms with van der Waals surface area (Å²) >= 11 is 7.27. The van der Waals surface area contributed by atoms with Gasteiger partial charge in [0.1, 0.15) is 23.4 Å². The minimum Gasteiger partial charge on any atom is -0.496 e. The molecule has 0 spiro atoms. The number of hydrogen-bond acceptors (Lipinski definition) is 7. The summed E-state index contributed by atoms with van der Waals surface area (Å²) in [6.07, 6.45) is 1.59. The number of thioether (sulfide) groups is 1. The molecule has 0 saturated carbocycles. The molecule has 4 rings (SSSR count). The number of benzene rings is 1. The standard InChI is InChI=1S/C23H21ClN6O3S/c1-13-14(2)30(11-16-5-4-8-33-16)22(18(13)10-25)26-20(31)12-34-23-27-21(28-29-23)17-9-15(24)6-7-19(17)32-3/h4-9H,11-12H2,1-3H3,(H,26,31)(H,27,28,29). The second kappa shape index (κ2) is 10.1. The molecule has 1 aromatic carbocycles. The lowest BCUT2D eigenvalue weighted by atomic mass is 10.2. The van der Waals surface area contributed by atoms with Gasteiger partial charge >= 0.3 is 0 Å². The van der Waals surface area contributed by atoms with E-state index in [2.05, 4.69) is 26.6 Å². The fraction of sp³-hybridized carbons (Fsp3) is 0.217. The molecule has 0 unspecified atom stereocenters. The molecule has 4 aromatic rings. The first-order valence-corrected chi connectivity index (χ1v) is 11.6. The van der Waals surface area contributed by atoms with Crippen molar-refractivity contribution in [1.29, 1.82) is 5.26 Å². The predicted octanol–water partition coefficient (Wildman–Crippen LogP) is 4.80. The maximum Gasteiger partial charge on any atom is 0.235 e. The second-order valence-electron chi connectivity index (χ2n) is 7.36. The quantitative estimate of drug-likeness (QED) is 0.336. The van der Waals surface area contributed by atoms with Crippen LogP contribution in [-0.4, -0.2) is 38.5 Å². The van der Waals surface area contributed by atoms with E-state index >= 15 is 0 Å². The first-order chi connectivity index (χ1) is 16.4. The highest BCUT2D eigenvalue weighted by Crippen LogP contribution is 2.31. The molecule has 9 nitrogen and oxygen atoms in total. The Morgan fingerprint density at radius 3 is 2.91 bits per heavy atom. The number of ether oxygens (including phenoxy) is 1. The van der Waals surface area contributed by atoms with Gasteiger partial charge in [-0.1, -0.05) is 23.4 Å². The molecule has 34 heavy (non-hydrogen) atoms. The third-order valence-corrected chi connectivity index (χ3v) is 6.39. The lowest BCUT2D eigenvalue weighted by molar-refractivity contribution is -0.113. The molecule has 0 radical (unpaired) electrons. The topological polar surface area (TPSA) is 122 Å². The minimum atomic E-state index is -0.286. The molecule has 1 amide bonds. The van der Waals surface area contributed by atoms with E-state index in [-0.39, 0.29) is 11.7 Å². The molecular formula is C23H21ClN6O3S. The fourth-order valence-electron chi connectivity index (χ4n) is 3.48. The van der Waals surface area contributed by atoms with Crippen molar-refractivity contribution in [2.75, 3.05) is 18.2 Å². The number of halogens is 1. The maximum atomic E-state index is 12.8. The number of anilines is 1. The number of nitriles is 1. The van der Waals surface area contributed by atoms with Crippen LogP contribution in [0.2, 0.25) is 5.02 Å². The molecule has 0 aliphatic carbocycles. The maximum absolute atomic E-state index is 12.8. The summed E-state index contributed by atoms with van der Waals surface area (Å²) in [5.74, 6) is 2.01. The zero-order valence-electron chi connectivity index (χ0n) is 18.7. The largest absolute Gasteiger partial charge is 0.496 e. The van der Waals surface area contributed by atoms with Gasteiger partial charge in [0.2, 0.25) is 11.1 Å². The van der Waals surface area contributed by atoms with Crippen molar-refractivity contribution in [1.82, 2.24) is 19.7 Å².